The van der Waals surface area contributed by atoms with E-state index in [0.29, 0.717) is 0 Å². The van der Waals surface area contributed by atoms with Crippen LogP contribution in [0.4, 0.5) is 0 Å². The zero-order valence-corrected chi connectivity index (χ0v) is 12.1. The Morgan fingerprint density at radius 3 is 2.56 bits per heavy atom. The van der Waals surface area contributed by atoms with E-state index < -0.39 is 0 Å². The smallest absolute Gasteiger partial charge is 0.121 e. The van der Waals surface area contributed by atoms with Crippen LogP contribution >= 0.6 is 0 Å². The number of hydrogen-bond acceptors (Lipinski definition) is 2. The van der Waals surface area contributed by atoms with Crippen molar-refractivity contribution < 1.29 is 4.74 Å². The van der Waals surface area contributed by atoms with Gasteiger partial charge in [0, 0.05) is 0 Å². The van der Waals surface area contributed by atoms with Gasteiger partial charge < -0.3 is 10.1 Å². The summed E-state index contributed by atoms with van der Waals surface area (Å²) in [6, 6.07) is 6.51. The zero-order valence-electron chi connectivity index (χ0n) is 12.1. The fourth-order valence-corrected chi connectivity index (χ4v) is 2.21. The van der Waals surface area contributed by atoms with Crippen LogP contribution in [0.15, 0.2) is 18.2 Å². The Balaban J connectivity index is 2.17. The molecule has 1 rings (SSSR count). The van der Waals surface area contributed by atoms with E-state index in [0.717, 1.165) is 18.8 Å². The average molecular weight is 249 g/mol. The molecule has 0 unspecified atom stereocenters. The molecule has 2 nitrogen and oxygen atoms in total. The minimum absolute atomic E-state index is 0.990. The third-order valence-electron chi connectivity index (χ3n) is 3.28. The highest BCUT2D eigenvalue weighted by atomic mass is 16.5. The van der Waals surface area contributed by atoms with Gasteiger partial charge >= 0.3 is 0 Å². The first kappa shape index (κ1) is 15.0. The van der Waals surface area contributed by atoms with Crippen LogP contribution in [-0.2, 0) is 6.42 Å². The summed E-state index contributed by atoms with van der Waals surface area (Å²) in [5, 5.41) is 3.36. The standard InChI is InChI=1S/C16H27NO/c1-4-17-12-8-6-5-7-9-15-10-11-16(18-3)14(2)13-15/h10-11,13,17H,4-9,12H2,1-3H3. The SMILES string of the molecule is CCNCCCCCCc1ccc(OC)c(C)c1. The van der Waals surface area contributed by atoms with E-state index in [1.54, 1.807) is 7.11 Å². The van der Waals surface area contributed by atoms with Crippen LogP contribution in [0.1, 0.15) is 43.7 Å². The van der Waals surface area contributed by atoms with Crippen LogP contribution in [0.5, 0.6) is 5.75 Å². The summed E-state index contributed by atoms with van der Waals surface area (Å²) < 4.78 is 5.27. The second kappa shape index (κ2) is 8.98. The van der Waals surface area contributed by atoms with E-state index in [2.05, 4.69) is 37.4 Å². The third-order valence-corrected chi connectivity index (χ3v) is 3.28. The Morgan fingerprint density at radius 2 is 1.89 bits per heavy atom. The van der Waals surface area contributed by atoms with Gasteiger partial charge in [0.25, 0.3) is 0 Å². The van der Waals surface area contributed by atoms with Crippen LogP contribution < -0.4 is 10.1 Å². The molecule has 0 aliphatic heterocycles. The lowest BCUT2D eigenvalue weighted by atomic mass is 10.0. The fourth-order valence-electron chi connectivity index (χ4n) is 2.21. The number of hydrogen-bond donors (Lipinski definition) is 1. The highest BCUT2D eigenvalue weighted by Gasteiger charge is 2.00. The van der Waals surface area contributed by atoms with Gasteiger partial charge in [-0.1, -0.05) is 31.9 Å². The van der Waals surface area contributed by atoms with Gasteiger partial charge in [-0.25, -0.2) is 0 Å². The van der Waals surface area contributed by atoms with Gasteiger partial charge in [-0.05, 0) is 56.5 Å². The van der Waals surface area contributed by atoms with Gasteiger partial charge in [0.1, 0.15) is 5.75 Å². The van der Waals surface area contributed by atoms with Crippen molar-refractivity contribution in [3.05, 3.63) is 29.3 Å². The average Bonchev–Trinajstić information content (AvgIpc) is 2.38. The number of unbranched alkanes of at least 4 members (excludes halogenated alkanes) is 3. The summed E-state index contributed by atoms with van der Waals surface area (Å²) in [6.45, 7) is 6.52. The van der Waals surface area contributed by atoms with E-state index in [4.69, 9.17) is 4.74 Å². The van der Waals surface area contributed by atoms with Gasteiger partial charge in [0.05, 0.1) is 7.11 Å². The van der Waals surface area contributed by atoms with Gasteiger partial charge in [-0.2, -0.15) is 0 Å². The maximum Gasteiger partial charge on any atom is 0.121 e. The van der Waals surface area contributed by atoms with Crippen molar-refractivity contribution in [1.82, 2.24) is 5.32 Å². The van der Waals surface area contributed by atoms with Crippen molar-refractivity contribution >= 4 is 0 Å². The first-order valence-electron chi connectivity index (χ1n) is 7.12. The summed E-state index contributed by atoms with van der Waals surface area (Å²) in [6.07, 6.45) is 6.44. The molecular formula is C16H27NO. The monoisotopic (exact) mass is 249 g/mol. The van der Waals surface area contributed by atoms with E-state index in [9.17, 15) is 0 Å². The molecule has 0 aliphatic carbocycles. The van der Waals surface area contributed by atoms with Crippen molar-refractivity contribution in [3.8, 4) is 5.75 Å². The van der Waals surface area contributed by atoms with Gasteiger partial charge in [0.2, 0.25) is 0 Å². The lowest BCUT2D eigenvalue weighted by Crippen LogP contribution is -2.13. The molecule has 0 bridgehead atoms. The van der Waals surface area contributed by atoms with Crippen molar-refractivity contribution in [3.63, 3.8) is 0 Å². The fraction of sp³-hybridized carbons (Fsp3) is 0.625. The Morgan fingerprint density at radius 1 is 1.11 bits per heavy atom. The Kier molecular flexibility index (Phi) is 7.51. The van der Waals surface area contributed by atoms with Gasteiger partial charge in [-0.15, -0.1) is 0 Å². The second-order valence-electron chi connectivity index (χ2n) is 4.82. The number of benzene rings is 1. The molecule has 1 aromatic carbocycles. The molecule has 2 heteroatoms. The molecule has 0 aliphatic rings. The van der Waals surface area contributed by atoms with Crippen molar-refractivity contribution in [2.24, 2.45) is 0 Å². The molecule has 18 heavy (non-hydrogen) atoms. The van der Waals surface area contributed by atoms with E-state index in [1.807, 2.05) is 0 Å². The van der Waals surface area contributed by atoms with Crippen molar-refractivity contribution in [1.29, 1.82) is 0 Å². The van der Waals surface area contributed by atoms with Crippen molar-refractivity contribution in [2.75, 3.05) is 20.2 Å². The Bertz CT molecular complexity index is 336. The minimum atomic E-state index is 0.990. The van der Waals surface area contributed by atoms with Crippen LogP contribution in [-0.4, -0.2) is 20.2 Å². The maximum absolute atomic E-state index is 5.27. The molecule has 1 aromatic rings. The molecule has 0 fully saturated rings. The molecule has 0 atom stereocenters. The normalized spacial score (nSPS) is 10.6. The molecule has 0 saturated heterocycles. The highest BCUT2D eigenvalue weighted by molar-refractivity contribution is 5.36. The largest absolute Gasteiger partial charge is 0.496 e. The Labute approximate surface area is 112 Å². The topological polar surface area (TPSA) is 21.3 Å². The summed E-state index contributed by atoms with van der Waals surface area (Å²) in [5.41, 5.74) is 2.67. The molecule has 1 N–H and O–H groups in total. The zero-order chi connectivity index (χ0) is 13.2. The van der Waals surface area contributed by atoms with E-state index in [1.165, 1.54) is 43.2 Å². The summed E-state index contributed by atoms with van der Waals surface area (Å²) in [4.78, 5) is 0. The molecule has 102 valence electrons. The number of ether oxygens (including phenoxy) is 1. The first-order chi connectivity index (χ1) is 8.77. The predicted octanol–water partition coefficient (Wildman–Crippen LogP) is 3.72. The van der Waals surface area contributed by atoms with Gasteiger partial charge in [-0.3, -0.25) is 0 Å². The lowest BCUT2D eigenvalue weighted by molar-refractivity contribution is 0.411. The van der Waals surface area contributed by atoms with Crippen LogP contribution in [0.3, 0.4) is 0 Å². The van der Waals surface area contributed by atoms with Crippen molar-refractivity contribution in [2.45, 2.75) is 46.0 Å². The lowest BCUT2D eigenvalue weighted by Gasteiger charge is -2.07. The summed E-state index contributed by atoms with van der Waals surface area (Å²) in [7, 11) is 1.73. The molecular weight excluding hydrogens is 222 g/mol. The first-order valence-corrected chi connectivity index (χ1v) is 7.12. The number of rotatable bonds is 9. The summed E-state index contributed by atoms with van der Waals surface area (Å²) >= 11 is 0. The van der Waals surface area contributed by atoms with Crippen LogP contribution in [0.25, 0.3) is 0 Å². The highest BCUT2D eigenvalue weighted by Crippen LogP contribution is 2.19. The number of nitrogens with one attached hydrogen (secondary N) is 1. The van der Waals surface area contributed by atoms with Crippen LogP contribution in [0.2, 0.25) is 0 Å². The molecule has 0 saturated carbocycles. The third kappa shape index (κ3) is 5.54. The number of aryl methyl sites for hydroxylation is 2. The molecule has 0 heterocycles. The predicted molar refractivity (Wildman–Crippen MR) is 78.4 cm³/mol. The molecule has 0 aromatic heterocycles. The number of methoxy groups -OCH3 is 1. The summed E-state index contributed by atoms with van der Waals surface area (Å²) in [5.74, 6) is 0.990. The molecule has 0 amide bonds. The Hall–Kier alpha value is -1.02. The minimum Gasteiger partial charge on any atom is -0.496 e. The van der Waals surface area contributed by atoms with Crippen LogP contribution in [0, 0.1) is 6.92 Å². The molecule has 0 radical (unpaired) electrons. The van der Waals surface area contributed by atoms with E-state index in [-0.39, 0.29) is 0 Å². The molecule has 0 spiro atoms. The van der Waals surface area contributed by atoms with Gasteiger partial charge in [0.15, 0.2) is 0 Å². The van der Waals surface area contributed by atoms with E-state index >= 15 is 0 Å². The quantitative estimate of drug-likeness (QED) is 0.674. The second-order valence-corrected chi connectivity index (χ2v) is 4.82. The maximum atomic E-state index is 5.27.